The fourth-order valence-electron chi connectivity index (χ4n) is 2.87. The summed E-state index contributed by atoms with van der Waals surface area (Å²) >= 11 is 8.57. The molecule has 7 heteroatoms. The summed E-state index contributed by atoms with van der Waals surface area (Å²) in [4.78, 5) is 8.58. The van der Waals surface area contributed by atoms with Crippen molar-refractivity contribution in [3.8, 4) is 0 Å². The Balaban J connectivity index is 2.05. The Morgan fingerprint density at radius 1 is 1.45 bits per heavy atom. The van der Waals surface area contributed by atoms with Crippen LogP contribution in [0, 0.1) is 12.7 Å². The van der Waals surface area contributed by atoms with Crippen LogP contribution in [0.15, 0.2) is 22.7 Å². The Bertz CT molecular complexity index is 753. The van der Waals surface area contributed by atoms with Gasteiger partial charge in [0.2, 0.25) is 5.95 Å². The van der Waals surface area contributed by atoms with Crippen molar-refractivity contribution in [1.82, 2.24) is 15.3 Å². The molecule has 1 aromatic carbocycles. The molecule has 1 unspecified atom stereocenters. The van der Waals surface area contributed by atoms with Gasteiger partial charge < -0.3 is 5.73 Å². The van der Waals surface area contributed by atoms with Gasteiger partial charge in [-0.2, -0.15) is 0 Å². The number of halogens is 2. The number of rotatable bonds is 2. The first-order valence-electron chi connectivity index (χ1n) is 6.78. The van der Waals surface area contributed by atoms with Crippen LogP contribution in [0.3, 0.4) is 0 Å². The van der Waals surface area contributed by atoms with Gasteiger partial charge >= 0.3 is 0 Å². The van der Waals surface area contributed by atoms with E-state index in [1.54, 1.807) is 11.4 Å². The lowest BCUT2D eigenvalue weighted by molar-refractivity contribution is 0.466. The second-order valence-corrected chi connectivity index (χ2v) is 6.36. The van der Waals surface area contributed by atoms with Crippen LogP contribution in [-0.4, -0.2) is 15.3 Å². The van der Waals surface area contributed by atoms with Crippen LogP contribution in [0.4, 0.5) is 10.3 Å². The topological polar surface area (TPSA) is 63.8 Å². The van der Waals surface area contributed by atoms with Crippen LogP contribution in [0.25, 0.3) is 0 Å². The van der Waals surface area contributed by atoms with E-state index >= 15 is 0 Å². The molecule has 1 aliphatic heterocycles. The molecule has 0 saturated carbocycles. The molecule has 0 spiro atoms. The number of anilines is 1. The van der Waals surface area contributed by atoms with Gasteiger partial charge in [0, 0.05) is 33.6 Å². The first-order valence-corrected chi connectivity index (χ1v) is 8.05. The highest BCUT2D eigenvalue weighted by atomic mass is 79.9. The van der Waals surface area contributed by atoms with Crippen LogP contribution >= 0.6 is 28.1 Å². The second-order valence-electron chi connectivity index (χ2n) is 5.23. The molecule has 3 rings (SSSR count). The zero-order chi connectivity index (χ0) is 15.9. The van der Waals surface area contributed by atoms with Crippen molar-refractivity contribution >= 4 is 39.5 Å². The zero-order valence-electron chi connectivity index (χ0n) is 11.8. The molecular weight excluding hydrogens is 367 g/mol. The number of aryl methyl sites for hydroxylation is 1. The molecule has 22 heavy (non-hydrogen) atoms. The van der Waals surface area contributed by atoms with Crippen LogP contribution in [0.5, 0.6) is 0 Å². The van der Waals surface area contributed by atoms with Gasteiger partial charge in [0.25, 0.3) is 0 Å². The standard InChI is InChI=1S/C15H14BrFN4S/c1-7-14-12(21-15(18)19-7)5-11(20-13(14)6-22)9-3-2-8(17)4-10(9)16/h2-4,6,11,13,20H,5H2,1H3,(H2,18,19,21)/t11-,13?/m1/s1. The molecule has 2 heterocycles. The van der Waals surface area contributed by atoms with E-state index in [2.05, 4.69) is 31.2 Å². The summed E-state index contributed by atoms with van der Waals surface area (Å²) in [5, 5.41) is 5.12. The molecular formula is C15H14BrFN4S. The molecule has 1 aliphatic rings. The molecule has 1 aromatic heterocycles. The van der Waals surface area contributed by atoms with Gasteiger partial charge in [0.15, 0.2) is 0 Å². The second kappa shape index (κ2) is 5.98. The van der Waals surface area contributed by atoms with Crippen LogP contribution in [0.2, 0.25) is 0 Å². The molecule has 2 atom stereocenters. The molecule has 0 radical (unpaired) electrons. The highest BCUT2D eigenvalue weighted by molar-refractivity contribution is 9.10. The molecule has 114 valence electrons. The highest BCUT2D eigenvalue weighted by Gasteiger charge is 2.30. The highest BCUT2D eigenvalue weighted by Crippen LogP contribution is 2.35. The van der Waals surface area contributed by atoms with E-state index in [9.17, 15) is 4.39 Å². The van der Waals surface area contributed by atoms with E-state index in [1.165, 1.54) is 12.1 Å². The third kappa shape index (κ3) is 2.76. The number of nitrogens with one attached hydrogen (secondary N) is 1. The first kappa shape index (κ1) is 15.5. The molecule has 0 fully saturated rings. The van der Waals surface area contributed by atoms with Gasteiger partial charge in [-0.05, 0) is 24.6 Å². The maximum absolute atomic E-state index is 13.3. The number of thiocarbonyl (C=S) groups is 1. The van der Waals surface area contributed by atoms with Crippen molar-refractivity contribution in [3.63, 3.8) is 0 Å². The van der Waals surface area contributed by atoms with Gasteiger partial charge in [-0.1, -0.05) is 34.2 Å². The van der Waals surface area contributed by atoms with Crippen LogP contribution in [0.1, 0.15) is 34.6 Å². The summed E-state index contributed by atoms with van der Waals surface area (Å²) < 4.78 is 14.0. The average molecular weight is 381 g/mol. The molecule has 4 nitrogen and oxygen atoms in total. The Morgan fingerprint density at radius 2 is 2.23 bits per heavy atom. The van der Waals surface area contributed by atoms with E-state index in [-0.39, 0.29) is 23.8 Å². The Morgan fingerprint density at radius 3 is 2.91 bits per heavy atom. The monoisotopic (exact) mass is 380 g/mol. The minimum Gasteiger partial charge on any atom is -0.368 e. The summed E-state index contributed by atoms with van der Waals surface area (Å²) in [6.07, 6.45) is 0.646. The lowest BCUT2D eigenvalue weighted by atomic mass is 9.90. The molecule has 0 amide bonds. The third-order valence-corrected chi connectivity index (χ3v) is 4.75. The van der Waals surface area contributed by atoms with Gasteiger partial charge in [0.05, 0.1) is 11.7 Å². The predicted molar refractivity (Wildman–Crippen MR) is 91.3 cm³/mol. The maximum Gasteiger partial charge on any atom is 0.220 e. The van der Waals surface area contributed by atoms with E-state index in [0.717, 1.165) is 27.0 Å². The van der Waals surface area contributed by atoms with Crippen molar-refractivity contribution in [3.05, 3.63) is 51.0 Å². The number of hydrogen-bond donors (Lipinski definition) is 2. The number of nitrogens with two attached hydrogens (primary N) is 1. The van der Waals surface area contributed by atoms with E-state index < -0.39 is 0 Å². The fourth-order valence-corrected chi connectivity index (χ4v) is 3.71. The van der Waals surface area contributed by atoms with Crippen LogP contribution in [-0.2, 0) is 6.42 Å². The zero-order valence-corrected chi connectivity index (χ0v) is 14.2. The minimum absolute atomic E-state index is 0.0274. The smallest absolute Gasteiger partial charge is 0.220 e. The molecule has 0 aliphatic carbocycles. The number of benzene rings is 1. The summed E-state index contributed by atoms with van der Waals surface area (Å²) in [5.74, 6) is -0.0150. The van der Waals surface area contributed by atoms with Crippen molar-refractivity contribution < 1.29 is 4.39 Å². The SMILES string of the molecule is Cc1nc(N)nc2c1C(C=S)N[C@@H](c1ccc(F)cc1Br)C2. The Hall–Kier alpha value is -1.44. The van der Waals surface area contributed by atoms with Gasteiger partial charge in [-0.15, -0.1) is 0 Å². The Kier molecular flexibility index (Phi) is 4.20. The summed E-state index contributed by atoms with van der Waals surface area (Å²) in [7, 11) is 0. The Labute approximate surface area is 141 Å². The number of aromatic nitrogens is 2. The van der Waals surface area contributed by atoms with Crippen LogP contribution < -0.4 is 11.1 Å². The van der Waals surface area contributed by atoms with E-state index in [1.807, 2.05) is 6.92 Å². The van der Waals surface area contributed by atoms with Gasteiger partial charge in [0.1, 0.15) is 5.82 Å². The summed E-state index contributed by atoms with van der Waals surface area (Å²) in [6.45, 7) is 1.90. The molecule has 3 N–H and O–H groups in total. The number of fused-ring (bicyclic) bond motifs is 1. The van der Waals surface area contributed by atoms with Crippen molar-refractivity contribution in [1.29, 1.82) is 0 Å². The molecule has 0 bridgehead atoms. The summed E-state index contributed by atoms with van der Waals surface area (Å²) in [6, 6.07) is 4.50. The fraction of sp³-hybridized carbons (Fsp3) is 0.267. The van der Waals surface area contributed by atoms with Crippen molar-refractivity contribution in [2.24, 2.45) is 0 Å². The predicted octanol–water partition coefficient (Wildman–Crippen LogP) is 3.20. The van der Waals surface area contributed by atoms with E-state index in [4.69, 9.17) is 18.0 Å². The minimum atomic E-state index is -0.277. The largest absolute Gasteiger partial charge is 0.368 e. The first-order chi connectivity index (χ1) is 10.5. The van der Waals surface area contributed by atoms with Gasteiger partial charge in [-0.25, -0.2) is 14.4 Å². The van der Waals surface area contributed by atoms with Gasteiger partial charge in [-0.3, -0.25) is 5.32 Å². The van der Waals surface area contributed by atoms with Crippen molar-refractivity contribution in [2.75, 3.05) is 5.73 Å². The lowest BCUT2D eigenvalue weighted by Crippen LogP contribution is -2.36. The number of nitrogen functional groups attached to an aromatic ring is 1. The third-order valence-electron chi connectivity index (χ3n) is 3.80. The van der Waals surface area contributed by atoms with Crippen molar-refractivity contribution in [2.45, 2.75) is 25.4 Å². The number of nitrogens with zero attached hydrogens (tertiary/aromatic N) is 2. The molecule has 2 aromatic rings. The normalized spacial score (nSPS) is 20.5. The maximum atomic E-state index is 13.3. The quantitative estimate of drug-likeness (QED) is 0.783. The number of hydrogen-bond acceptors (Lipinski definition) is 5. The molecule has 0 saturated heterocycles. The van der Waals surface area contributed by atoms with E-state index in [0.29, 0.717) is 6.42 Å². The average Bonchev–Trinajstić information content (AvgIpc) is 2.45. The lowest BCUT2D eigenvalue weighted by Gasteiger charge is -2.32. The summed E-state index contributed by atoms with van der Waals surface area (Å²) in [5.41, 5.74) is 9.43.